The number of alkyl halides is 1. The number of aromatic nitrogens is 4. The summed E-state index contributed by atoms with van der Waals surface area (Å²) in [6.07, 6.45) is 6.86. The molecule has 0 aliphatic carbocycles. The van der Waals surface area contributed by atoms with Crippen molar-refractivity contribution < 1.29 is 17.5 Å². The Kier molecular flexibility index (Phi) is 6.19. The van der Waals surface area contributed by atoms with Crippen molar-refractivity contribution in [2.45, 2.75) is 12.7 Å². The van der Waals surface area contributed by atoms with Crippen LogP contribution in [0.4, 0.5) is 10.1 Å². The standard InChI is InChI=1S/C26H24FN5O3S/c1-35-24-9-8-18(12-23(24)31-36(2,33)34)19-11-21-22(15-29-26(21)28-13-19)20-14-30-32(16-20)25(27)10-17-6-4-3-5-7-17/h3-9,11-16,25,31H,10H2,1-2H3,(H,28,29). The lowest BCUT2D eigenvalue weighted by Crippen LogP contribution is -2.10. The van der Waals surface area contributed by atoms with E-state index in [4.69, 9.17) is 4.74 Å². The molecule has 0 saturated heterocycles. The smallest absolute Gasteiger partial charge is 0.229 e. The van der Waals surface area contributed by atoms with Gasteiger partial charge in [-0.15, -0.1) is 0 Å². The molecule has 5 aromatic rings. The average Bonchev–Trinajstić information content (AvgIpc) is 3.50. The number of sulfonamides is 1. The van der Waals surface area contributed by atoms with Gasteiger partial charge in [0.25, 0.3) is 0 Å². The predicted molar refractivity (Wildman–Crippen MR) is 138 cm³/mol. The first kappa shape index (κ1) is 23.6. The van der Waals surface area contributed by atoms with Crippen molar-refractivity contribution in [1.29, 1.82) is 0 Å². The third kappa shape index (κ3) is 4.94. The van der Waals surface area contributed by atoms with Gasteiger partial charge in [-0.3, -0.25) is 4.72 Å². The molecular formula is C26H24FN5O3S. The van der Waals surface area contributed by atoms with E-state index in [9.17, 15) is 12.8 Å². The topological polar surface area (TPSA) is 102 Å². The third-order valence-corrected chi connectivity index (χ3v) is 6.40. The summed E-state index contributed by atoms with van der Waals surface area (Å²) >= 11 is 0. The zero-order valence-corrected chi connectivity index (χ0v) is 20.5. The highest BCUT2D eigenvalue weighted by molar-refractivity contribution is 7.92. The maximum atomic E-state index is 14.9. The maximum absolute atomic E-state index is 14.9. The van der Waals surface area contributed by atoms with Crippen LogP contribution in [0, 0.1) is 0 Å². The van der Waals surface area contributed by atoms with E-state index < -0.39 is 16.3 Å². The number of fused-ring (bicyclic) bond motifs is 1. The van der Waals surface area contributed by atoms with E-state index in [2.05, 4.69) is 19.8 Å². The first-order valence-electron chi connectivity index (χ1n) is 11.2. The lowest BCUT2D eigenvalue weighted by atomic mass is 10.0. The number of aromatic amines is 1. The van der Waals surface area contributed by atoms with Crippen molar-refractivity contribution in [3.05, 3.63) is 84.9 Å². The number of ether oxygens (including phenoxy) is 1. The lowest BCUT2D eigenvalue weighted by Gasteiger charge is -2.12. The number of nitrogens with one attached hydrogen (secondary N) is 2. The van der Waals surface area contributed by atoms with Crippen molar-refractivity contribution >= 4 is 26.7 Å². The minimum atomic E-state index is -3.49. The molecule has 0 amide bonds. The van der Waals surface area contributed by atoms with Crippen LogP contribution in [0.25, 0.3) is 33.3 Å². The molecule has 184 valence electrons. The number of H-pyrrole nitrogens is 1. The van der Waals surface area contributed by atoms with Gasteiger partial charge in [0.2, 0.25) is 10.0 Å². The number of methoxy groups -OCH3 is 1. The summed E-state index contributed by atoms with van der Waals surface area (Å²) in [7, 11) is -2.02. The van der Waals surface area contributed by atoms with Crippen LogP contribution in [0.5, 0.6) is 5.75 Å². The molecule has 1 atom stereocenters. The predicted octanol–water partition coefficient (Wildman–Crippen LogP) is 5.18. The zero-order chi connectivity index (χ0) is 25.3. The average molecular weight is 506 g/mol. The summed E-state index contributed by atoms with van der Waals surface area (Å²) in [5.74, 6) is 0.407. The van der Waals surface area contributed by atoms with Gasteiger partial charge in [-0.05, 0) is 29.3 Å². The minimum Gasteiger partial charge on any atom is -0.495 e. The van der Waals surface area contributed by atoms with Gasteiger partial charge in [-0.1, -0.05) is 36.4 Å². The van der Waals surface area contributed by atoms with Crippen LogP contribution < -0.4 is 9.46 Å². The van der Waals surface area contributed by atoms with Crippen LogP contribution in [-0.4, -0.2) is 41.5 Å². The summed E-state index contributed by atoms with van der Waals surface area (Å²) in [6, 6.07) is 16.6. The van der Waals surface area contributed by atoms with Gasteiger partial charge in [0, 0.05) is 47.1 Å². The largest absolute Gasteiger partial charge is 0.495 e. The fraction of sp³-hybridized carbons (Fsp3) is 0.154. The minimum absolute atomic E-state index is 0.225. The molecule has 10 heteroatoms. The molecule has 0 radical (unpaired) electrons. The van der Waals surface area contributed by atoms with Gasteiger partial charge in [0.15, 0.2) is 6.30 Å². The number of halogens is 1. The van der Waals surface area contributed by atoms with E-state index >= 15 is 0 Å². The van der Waals surface area contributed by atoms with E-state index in [-0.39, 0.29) is 6.42 Å². The van der Waals surface area contributed by atoms with E-state index in [1.165, 1.54) is 11.8 Å². The summed E-state index contributed by atoms with van der Waals surface area (Å²) in [4.78, 5) is 7.67. The Bertz CT molecular complexity index is 1630. The van der Waals surface area contributed by atoms with Crippen LogP contribution in [0.2, 0.25) is 0 Å². The summed E-state index contributed by atoms with van der Waals surface area (Å²) < 4.78 is 47.6. The second kappa shape index (κ2) is 9.46. The highest BCUT2D eigenvalue weighted by Crippen LogP contribution is 2.34. The summed E-state index contributed by atoms with van der Waals surface area (Å²) in [5.41, 5.74) is 5.03. The Morgan fingerprint density at radius 1 is 1.08 bits per heavy atom. The molecular weight excluding hydrogens is 481 g/mol. The second-order valence-electron chi connectivity index (χ2n) is 8.45. The highest BCUT2D eigenvalue weighted by Gasteiger charge is 2.16. The molecule has 0 aliphatic heterocycles. The van der Waals surface area contributed by atoms with Gasteiger partial charge in [0.05, 0.1) is 25.2 Å². The monoisotopic (exact) mass is 505 g/mol. The molecule has 0 spiro atoms. The second-order valence-corrected chi connectivity index (χ2v) is 10.2. The van der Waals surface area contributed by atoms with E-state index in [0.29, 0.717) is 17.1 Å². The quantitative estimate of drug-likeness (QED) is 0.302. The number of hydrogen-bond acceptors (Lipinski definition) is 5. The van der Waals surface area contributed by atoms with Crippen LogP contribution >= 0.6 is 0 Å². The maximum Gasteiger partial charge on any atom is 0.229 e. The zero-order valence-electron chi connectivity index (χ0n) is 19.6. The molecule has 2 aromatic carbocycles. The fourth-order valence-electron chi connectivity index (χ4n) is 4.10. The highest BCUT2D eigenvalue weighted by atomic mass is 32.2. The number of nitrogens with zero attached hydrogens (tertiary/aromatic N) is 3. The fourth-order valence-corrected chi connectivity index (χ4v) is 4.66. The number of hydrogen-bond donors (Lipinski definition) is 2. The lowest BCUT2D eigenvalue weighted by molar-refractivity contribution is 0.219. The molecule has 0 saturated carbocycles. The van der Waals surface area contributed by atoms with E-state index in [1.807, 2.05) is 48.7 Å². The molecule has 36 heavy (non-hydrogen) atoms. The molecule has 0 fully saturated rings. The summed E-state index contributed by atoms with van der Waals surface area (Å²) in [6.45, 7) is 0. The number of benzene rings is 2. The van der Waals surface area contributed by atoms with Crippen molar-refractivity contribution in [1.82, 2.24) is 19.7 Å². The van der Waals surface area contributed by atoms with Crippen LogP contribution in [0.3, 0.4) is 0 Å². The Morgan fingerprint density at radius 3 is 2.64 bits per heavy atom. The molecule has 0 bridgehead atoms. The molecule has 2 N–H and O–H groups in total. The molecule has 3 aromatic heterocycles. The van der Waals surface area contributed by atoms with Crippen molar-refractivity contribution in [3.8, 4) is 28.0 Å². The van der Waals surface area contributed by atoms with Crippen molar-refractivity contribution in [2.24, 2.45) is 0 Å². The summed E-state index contributed by atoms with van der Waals surface area (Å²) in [5, 5.41) is 5.08. The Morgan fingerprint density at radius 2 is 1.89 bits per heavy atom. The number of anilines is 1. The number of pyridine rings is 1. The molecule has 5 rings (SSSR count). The van der Waals surface area contributed by atoms with Crippen LogP contribution in [-0.2, 0) is 16.4 Å². The molecule has 8 nitrogen and oxygen atoms in total. The third-order valence-electron chi connectivity index (χ3n) is 5.81. The van der Waals surface area contributed by atoms with Gasteiger partial charge >= 0.3 is 0 Å². The van der Waals surface area contributed by atoms with Crippen LogP contribution in [0.1, 0.15) is 11.9 Å². The normalized spacial score (nSPS) is 12.5. The Balaban J connectivity index is 1.47. The van der Waals surface area contributed by atoms with Crippen molar-refractivity contribution in [3.63, 3.8) is 0 Å². The first-order chi connectivity index (χ1) is 17.3. The Hall–Kier alpha value is -4.18. The van der Waals surface area contributed by atoms with E-state index in [0.717, 1.165) is 39.5 Å². The van der Waals surface area contributed by atoms with Gasteiger partial charge in [-0.25, -0.2) is 22.5 Å². The first-order valence-corrected chi connectivity index (χ1v) is 13.1. The molecule has 3 heterocycles. The Labute approximate surface area is 207 Å². The van der Waals surface area contributed by atoms with Gasteiger partial charge in [-0.2, -0.15) is 5.10 Å². The van der Waals surface area contributed by atoms with E-state index in [1.54, 1.807) is 30.7 Å². The molecule has 1 unspecified atom stereocenters. The number of rotatable bonds is 8. The van der Waals surface area contributed by atoms with Crippen LogP contribution in [0.15, 0.2) is 79.4 Å². The van der Waals surface area contributed by atoms with Gasteiger partial charge < -0.3 is 9.72 Å². The molecule has 0 aliphatic rings. The van der Waals surface area contributed by atoms with Gasteiger partial charge in [0.1, 0.15) is 11.4 Å². The SMILES string of the molecule is COc1ccc(-c2cnc3[nH]cc(-c4cnn(C(F)Cc5ccccc5)c4)c3c2)cc1NS(C)(=O)=O. The van der Waals surface area contributed by atoms with Crippen molar-refractivity contribution in [2.75, 3.05) is 18.1 Å².